The number of aromatic nitrogens is 2. The Kier molecular flexibility index (Phi) is 7.99. The summed E-state index contributed by atoms with van der Waals surface area (Å²) in [6.07, 6.45) is 23.6. The van der Waals surface area contributed by atoms with Crippen molar-refractivity contribution < 1.29 is 0 Å². The Morgan fingerprint density at radius 1 is 0.911 bits per heavy atom. The highest BCUT2D eigenvalue weighted by Crippen LogP contribution is 2.41. The Labute approximate surface area is 268 Å². The van der Waals surface area contributed by atoms with E-state index in [1.165, 1.54) is 40.7 Å². The number of rotatable bonds is 6. The normalized spacial score (nSPS) is 26.1. The van der Waals surface area contributed by atoms with Crippen LogP contribution in [0.4, 0.5) is 0 Å². The van der Waals surface area contributed by atoms with Crippen LogP contribution in [0.5, 0.6) is 0 Å². The van der Waals surface area contributed by atoms with E-state index in [4.69, 9.17) is 9.97 Å². The number of nitrogens with zero attached hydrogens (tertiary/aromatic N) is 2. The van der Waals surface area contributed by atoms with Crippen molar-refractivity contribution in [2.45, 2.75) is 64.3 Å². The zero-order valence-corrected chi connectivity index (χ0v) is 26.6. The van der Waals surface area contributed by atoms with Crippen LogP contribution in [-0.2, 0) is 5.54 Å². The lowest BCUT2D eigenvalue weighted by Crippen LogP contribution is -2.40. The molecule has 0 fully saturated rings. The molecule has 3 aliphatic carbocycles. The van der Waals surface area contributed by atoms with E-state index >= 15 is 0 Å². The van der Waals surface area contributed by atoms with Gasteiger partial charge < -0.3 is 5.32 Å². The maximum atomic E-state index is 5.04. The van der Waals surface area contributed by atoms with Crippen molar-refractivity contribution in [3.63, 3.8) is 0 Å². The molecular formula is C42H41N3. The molecule has 3 heteroatoms. The fourth-order valence-electron chi connectivity index (χ4n) is 7.11. The first-order chi connectivity index (χ1) is 21.9. The van der Waals surface area contributed by atoms with Gasteiger partial charge in [0.1, 0.15) is 0 Å². The van der Waals surface area contributed by atoms with Gasteiger partial charge in [0.05, 0.1) is 16.9 Å². The zero-order chi connectivity index (χ0) is 30.8. The van der Waals surface area contributed by atoms with E-state index < -0.39 is 5.54 Å². The minimum atomic E-state index is -0.392. The van der Waals surface area contributed by atoms with Gasteiger partial charge in [0.25, 0.3) is 0 Å². The van der Waals surface area contributed by atoms with Crippen LogP contribution in [-0.4, -0.2) is 9.97 Å². The van der Waals surface area contributed by atoms with E-state index in [-0.39, 0.29) is 5.92 Å². The molecule has 7 rings (SSSR count). The lowest BCUT2D eigenvalue weighted by Gasteiger charge is -2.36. The highest BCUT2D eigenvalue weighted by molar-refractivity contribution is 5.78. The number of dihydropyridines is 1. The average Bonchev–Trinajstić information content (AvgIpc) is 3.09. The van der Waals surface area contributed by atoms with Gasteiger partial charge in [-0.05, 0) is 114 Å². The summed E-state index contributed by atoms with van der Waals surface area (Å²) in [6, 6.07) is 21.4. The number of benzene rings is 1. The summed E-state index contributed by atoms with van der Waals surface area (Å²) >= 11 is 0. The van der Waals surface area contributed by atoms with E-state index in [0.29, 0.717) is 11.8 Å². The predicted octanol–water partition coefficient (Wildman–Crippen LogP) is 9.48. The smallest absolute Gasteiger partial charge is 0.0790 e. The minimum absolute atomic E-state index is 0.146. The van der Waals surface area contributed by atoms with Crippen molar-refractivity contribution in [3.8, 4) is 11.8 Å². The van der Waals surface area contributed by atoms with Gasteiger partial charge in [0.15, 0.2) is 0 Å². The molecule has 4 unspecified atom stereocenters. The Balaban J connectivity index is 1.32. The van der Waals surface area contributed by atoms with Gasteiger partial charge in [-0.3, -0.25) is 9.97 Å². The van der Waals surface area contributed by atoms with Gasteiger partial charge in [-0.1, -0.05) is 86.4 Å². The Bertz CT molecular complexity index is 1820. The summed E-state index contributed by atoms with van der Waals surface area (Å²) < 4.78 is 0. The van der Waals surface area contributed by atoms with Crippen molar-refractivity contribution in [2.24, 2.45) is 11.8 Å². The molecule has 45 heavy (non-hydrogen) atoms. The third kappa shape index (κ3) is 6.16. The summed E-state index contributed by atoms with van der Waals surface area (Å²) in [7, 11) is 0. The van der Waals surface area contributed by atoms with Gasteiger partial charge in [0, 0.05) is 36.0 Å². The van der Waals surface area contributed by atoms with Crippen LogP contribution in [0.15, 0.2) is 132 Å². The summed E-state index contributed by atoms with van der Waals surface area (Å²) in [4.78, 5) is 9.84. The first-order valence-electron chi connectivity index (χ1n) is 16.4. The van der Waals surface area contributed by atoms with Crippen molar-refractivity contribution in [1.29, 1.82) is 0 Å². The Morgan fingerprint density at radius 3 is 2.53 bits per heavy atom. The van der Waals surface area contributed by atoms with E-state index in [1.54, 1.807) is 0 Å². The van der Waals surface area contributed by atoms with Crippen LogP contribution < -0.4 is 5.32 Å². The molecule has 4 atom stereocenters. The van der Waals surface area contributed by atoms with Gasteiger partial charge in [-0.2, -0.15) is 0 Å². The van der Waals surface area contributed by atoms with E-state index in [2.05, 4.69) is 135 Å². The molecule has 224 valence electrons. The standard InChI is InChI=1S/C42H41N3/c1-29-12-11-14-31(22-29)41-26-36(27-42(3,45-41)37-15-5-4-6-16-37)33-23-34(39-18-9-10-21-43-39)25-35(24-33)40-20-19-32(28-44-40)38-17-8-7-13-30(38)2/h4-6,9-10,15-22,24-30,34,45H,7-8,12-13,23H2,1-3H3. The van der Waals surface area contributed by atoms with Gasteiger partial charge >= 0.3 is 0 Å². The molecule has 0 saturated carbocycles. The molecule has 3 aromatic rings. The third-order valence-electron chi connectivity index (χ3n) is 9.62. The first-order valence-corrected chi connectivity index (χ1v) is 16.4. The third-order valence-corrected chi connectivity index (χ3v) is 9.62. The van der Waals surface area contributed by atoms with Crippen LogP contribution in [0.25, 0.3) is 11.1 Å². The molecule has 0 radical (unpaired) electrons. The van der Waals surface area contributed by atoms with Gasteiger partial charge in [-0.25, -0.2) is 0 Å². The minimum Gasteiger partial charge on any atom is -0.371 e. The van der Waals surface area contributed by atoms with Crippen LogP contribution in [0.3, 0.4) is 0 Å². The SMILES string of the molecule is CC1C=C(C2=CC(C3=CC(c4ccc(C5=CCCCC5C)cn4)=CC(c4ccccn4)C3)=CC(C)(c3ccccc3)N2)C#CC1. The summed E-state index contributed by atoms with van der Waals surface area (Å²) in [6.45, 7) is 6.85. The van der Waals surface area contributed by atoms with Crippen LogP contribution in [0, 0.1) is 23.7 Å². The molecule has 2 aromatic heterocycles. The van der Waals surface area contributed by atoms with E-state index in [1.807, 2.05) is 12.3 Å². The van der Waals surface area contributed by atoms with Crippen molar-refractivity contribution in [2.75, 3.05) is 0 Å². The summed E-state index contributed by atoms with van der Waals surface area (Å²) in [5.41, 5.74) is 11.4. The number of hydrogen-bond acceptors (Lipinski definition) is 3. The quantitative estimate of drug-likeness (QED) is 0.292. The van der Waals surface area contributed by atoms with Crippen LogP contribution in [0.1, 0.15) is 81.3 Å². The van der Waals surface area contributed by atoms with Gasteiger partial charge in [-0.15, -0.1) is 0 Å². The maximum Gasteiger partial charge on any atom is 0.0790 e. The maximum absolute atomic E-state index is 5.04. The van der Waals surface area contributed by atoms with Crippen LogP contribution in [0.2, 0.25) is 0 Å². The Hall–Kier alpha value is -4.68. The lowest BCUT2D eigenvalue weighted by atomic mass is 9.78. The molecule has 1 N–H and O–H groups in total. The molecule has 1 aromatic carbocycles. The molecular weight excluding hydrogens is 546 g/mol. The largest absolute Gasteiger partial charge is 0.371 e. The van der Waals surface area contributed by atoms with Crippen LogP contribution >= 0.6 is 0 Å². The lowest BCUT2D eigenvalue weighted by molar-refractivity contribution is 0.502. The van der Waals surface area contributed by atoms with E-state index in [0.717, 1.165) is 47.5 Å². The topological polar surface area (TPSA) is 37.8 Å². The second-order valence-corrected chi connectivity index (χ2v) is 13.2. The number of allylic oxidation sites excluding steroid dienone is 10. The van der Waals surface area contributed by atoms with Gasteiger partial charge in [0.2, 0.25) is 0 Å². The number of nitrogens with one attached hydrogen (secondary N) is 1. The number of hydrogen-bond donors (Lipinski definition) is 1. The first kappa shape index (κ1) is 29.1. The monoisotopic (exact) mass is 587 g/mol. The average molecular weight is 588 g/mol. The fourth-order valence-corrected chi connectivity index (χ4v) is 7.11. The van der Waals surface area contributed by atoms with Crippen molar-refractivity contribution in [3.05, 3.63) is 154 Å². The second kappa shape index (κ2) is 12.4. The number of pyridine rings is 2. The van der Waals surface area contributed by atoms with Crippen molar-refractivity contribution in [1.82, 2.24) is 15.3 Å². The predicted molar refractivity (Wildman–Crippen MR) is 186 cm³/mol. The van der Waals surface area contributed by atoms with Crippen molar-refractivity contribution >= 4 is 11.1 Å². The molecule has 0 bridgehead atoms. The molecule has 3 nitrogen and oxygen atoms in total. The molecule has 4 aliphatic rings. The van der Waals surface area contributed by atoms with E-state index in [9.17, 15) is 0 Å². The molecule has 3 heterocycles. The second-order valence-electron chi connectivity index (χ2n) is 13.2. The zero-order valence-electron chi connectivity index (χ0n) is 26.6. The molecule has 1 aliphatic heterocycles. The Morgan fingerprint density at radius 2 is 1.78 bits per heavy atom. The summed E-state index contributed by atoms with van der Waals surface area (Å²) in [5.74, 6) is 7.96. The highest BCUT2D eigenvalue weighted by Gasteiger charge is 2.32. The molecule has 0 spiro atoms. The molecule has 0 amide bonds. The summed E-state index contributed by atoms with van der Waals surface area (Å²) in [5, 5.41) is 3.87. The highest BCUT2D eigenvalue weighted by atomic mass is 15.0. The fraction of sp³-hybridized carbons (Fsp3) is 0.286. The molecule has 0 saturated heterocycles.